The average molecular weight is 248 g/mol. The Bertz CT molecular complexity index is 392. The summed E-state index contributed by atoms with van der Waals surface area (Å²) in [5.41, 5.74) is 9.32. The molecule has 1 aliphatic rings. The fourth-order valence-electron chi connectivity index (χ4n) is 2.56. The van der Waals surface area contributed by atoms with Gasteiger partial charge in [0, 0.05) is 31.1 Å². The Kier molecular flexibility index (Phi) is 4.48. The Morgan fingerprint density at radius 3 is 3.06 bits per heavy atom. The highest BCUT2D eigenvalue weighted by atomic mass is 16.5. The number of nitrogen functional groups attached to an aromatic ring is 1. The topological polar surface area (TPSA) is 38.5 Å². The van der Waals surface area contributed by atoms with Crippen molar-refractivity contribution in [2.75, 3.05) is 30.3 Å². The van der Waals surface area contributed by atoms with Gasteiger partial charge in [-0.05, 0) is 43.9 Å². The van der Waals surface area contributed by atoms with Crippen molar-refractivity contribution in [2.24, 2.45) is 0 Å². The average Bonchev–Trinajstić information content (AvgIpc) is 2.40. The molecular weight excluding hydrogens is 224 g/mol. The highest BCUT2D eigenvalue weighted by molar-refractivity contribution is 5.64. The zero-order chi connectivity index (χ0) is 13.0. The van der Waals surface area contributed by atoms with Gasteiger partial charge in [0.2, 0.25) is 0 Å². The van der Waals surface area contributed by atoms with Gasteiger partial charge in [-0.15, -0.1) is 0 Å². The molecule has 0 spiro atoms. The van der Waals surface area contributed by atoms with Crippen molar-refractivity contribution in [1.82, 2.24) is 0 Å². The molecule has 0 amide bonds. The summed E-state index contributed by atoms with van der Waals surface area (Å²) in [7, 11) is 0. The van der Waals surface area contributed by atoms with E-state index in [4.69, 9.17) is 10.5 Å². The summed E-state index contributed by atoms with van der Waals surface area (Å²) in [4.78, 5) is 2.41. The van der Waals surface area contributed by atoms with Gasteiger partial charge in [-0.25, -0.2) is 0 Å². The second kappa shape index (κ2) is 6.10. The maximum Gasteiger partial charge on any atom is 0.0750 e. The monoisotopic (exact) mass is 248 g/mol. The van der Waals surface area contributed by atoms with Gasteiger partial charge in [0.25, 0.3) is 0 Å². The van der Waals surface area contributed by atoms with Crippen LogP contribution in [0.5, 0.6) is 0 Å². The van der Waals surface area contributed by atoms with Crippen molar-refractivity contribution < 1.29 is 4.74 Å². The van der Waals surface area contributed by atoms with Crippen molar-refractivity contribution in [3.63, 3.8) is 0 Å². The summed E-state index contributed by atoms with van der Waals surface area (Å²) in [5, 5.41) is 0. The molecule has 1 saturated heterocycles. The highest BCUT2D eigenvalue weighted by Gasteiger charge is 2.21. The molecule has 18 heavy (non-hydrogen) atoms. The lowest BCUT2D eigenvalue weighted by molar-refractivity contribution is 0.0440. The fourth-order valence-corrected chi connectivity index (χ4v) is 2.56. The first-order valence-electron chi connectivity index (χ1n) is 6.94. The Morgan fingerprint density at radius 1 is 1.44 bits per heavy atom. The van der Waals surface area contributed by atoms with E-state index in [1.807, 2.05) is 12.1 Å². The number of ether oxygens (including phenoxy) is 1. The molecule has 1 aromatic carbocycles. The zero-order valence-corrected chi connectivity index (χ0v) is 11.5. The van der Waals surface area contributed by atoms with Crippen LogP contribution >= 0.6 is 0 Å². The normalized spacial score (nSPS) is 20.1. The Labute approximate surface area is 110 Å². The standard InChI is InChI=1S/C15H24N2O/c1-3-10-18-13-6-5-9-17(11-13)15-8-4-7-14(16)12(15)2/h4,7-8,13H,3,5-6,9-11,16H2,1-2H3. The van der Waals surface area contributed by atoms with E-state index in [-0.39, 0.29) is 0 Å². The Hall–Kier alpha value is -1.22. The van der Waals surface area contributed by atoms with E-state index in [0.29, 0.717) is 6.10 Å². The first kappa shape index (κ1) is 13.2. The first-order chi connectivity index (χ1) is 8.72. The molecule has 2 N–H and O–H groups in total. The minimum Gasteiger partial charge on any atom is -0.398 e. The molecule has 1 aromatic rings. The van der Waals surface area contributed by atoms with E-state index >= 15 is 0 Å². The summed E-state index contributed by atoms with van der Waals surface area (Å²) >= 11 is 0. The number of nitrogens with two attached hydrogens (primary N) is 1. The third kappa shape index (κ3) is 2.96. The van der Waals surface area contributed by atoms with Gasteiger partial charge in [0.15, 0.2) is 0 Å². The van der Waals surface area contributed by atoms with E-state index in [1.54, 1.807) is 0 Å². The number of benzene rings is 1. The molecule has 2 rings (SSSR count). The largest absolute Gasteiger partial charge is 0.398 e. The second-order valence-electron chi connectivity index (χ2n) is 5.07. The van der Waals surface area contributed by atoms with E-state index in [2.05, 4.69) is 24.8 Å². The Balaban J connectivity index is 2.06. The Morgan fingerprint density at radius 2 is 2.28 bits per heavy atom. The van der Waals surface area contributed by atoms with Crippen LogP contribution in [0.1, 0.15) is 31.7 Å². The molecule has 0 bridgehead atoms. The van der Waals surface area contributed by atoms with Crippen LogP contribution in [0.4, 0.5) is 11.4 Å². The summed E-state index contributed by atoms with van der Waals surface area (Å²) in [6.45, 7) is 7.22. The van der Waals surface area contributed by atoms with E-state index < -0.39 is 0 Å². The number of piperidine rings is 1. The minimum absolute atomic E-state index is 0.375. The maximum atomic E-state index is 5.98. The lowest BCUT2D eigenvalue weighted by Crippen LogP contribution is -2.40. The van der Waals surface area contributed by atoms with Gasteiger partial charge < -0.3 is 15.4 Å². The molecule has 0 saturated carbocycles. The van der Waals surface area contributed by atoms with Crippen molar-refractivity contribution in [1.29, 1.82) is 0 Å². The molecule has 0 radical (unpaired) electrons. The van der Waals surface area contributed by atoms with Crippen LogP contribution < -0.4 is 10.6 Å². The highest BCUT2D eigenvalue weighted by Crippen LogP contribution is 2.27. The van der Waals surface area contributed by atoms with Crippen LogP contribution in [-0.4, -0.2) is 25.8 Å². The summed E-state index contributed by atoms with van der Waals surface area (Å²) in [6, 6.07) is 6.16. The summed E-state index contributed by atoms with van der Waals surface area (Å²) in [6.07, 6.45) is 3.84. The zero-order valence-electron chi connectivity index (χ0n) is 11.5. The smallest absolute Gasteiger partial charge is 0.0750 e. The van der Waals surface area contributed by atoms with Gasteiger partial charge in [-0.1, -0.05) is 13.0 Å². The number of nitrogens with zero attached hydrogens (tertiary/aromatic N) is 1. The van der Waals surface area contributed by atoms with Crippen LogP contribution in [-0.2, 0) is 4.74 Å². The molecule has 1 aliphatic heterocycles. The molecular formula is C15H24N2O. The van der Waals surface area contributed by atoms with Gasteiger partial charge in [-0.2, -0.15) is 0 Å². The van der Waals surface area contributed by atoms with Crippen LogP contribution in [0.15, 0.2) is 18.2 Å². The molecule has 0 aliphatic carbocycles. The fraction of sp³-hybridized carbons (Fsp3) is 0.600. The van der Waals surface area contributed by atoms with E-state index in [1.165, 1.54) is 24.1 Å². The summed E-state index contributed by atoms with van der Waals surface area (Å²) < 4.78 is 5.88. The second-order valence-corrected chi connectivity index (χ2v) is 5.07. The van der Waals surface area contributed by atoms with E-state index in [0.717, 1.165) is 31.8 Å². The van der Waals surface area contributed by atoms with E-state index in [9.17, 15) is 0 Å². The van der Waals surface area contributed by atoms with Crippen LogP contribution in [0.25, 0.3) is 0 Å². The van der Waals surface area contributed by atoms with Crippen molar-refractivity contribution in [3.05, 3.63) is 23.8 Å². The van der Waals surface area contributed by atoms with Gasteiger partial charge in [-0.3, -0.25) is 0 Å². The SMILES string of the molecule is CCCOC1CCCN(c2cccc(N)c2C)C1. The lowest BCUT2D eigenvalue weighted by atomic mass is 10.0. The number of hydrogen-bond acceptors (Lipinski definition) is 3. The third-order valence-electron chi connectivity index (χ3n) is 3.62. The van der Waals surface area contributed by atoms with Crippen molar-refractivity contribution in [2.45, 2.75) is 39.2 Å². The molecule has 100 valence electrons. The van der Waals surface area contributed by atoms with Crippen molar-refractivity contribution in [3.8, 4) is 0 Å². The molecule has 3 heteroatoms. The number of anilines is 2. The molecule has 1 fully saturated rings. The maximum absolute atomic E-state index is 5.98. The molecule has 1 unspecified atom stereocenters. The van der Waals surface area contributed by atoms with Gasteiger partial charge >= 0.3 is 0 Å². The third-order valence-corrected chi connectivity index (χ3v) is 3.62. The summed E-state index contributed by atoms with van der Waals surface area (Å²) in [5.74, 6) is 0. The molecule has 3 nitrogen and oxygen atoms in total. The van der Waals surface area contributed by atoms with Crippen LogP contribution in [0.3, 0.4) is 0 Å². The van der Waals surface area contributed by atoms with Crippen LogP contribution in [0, 0.1) is 6.92 Å². The first-order valence-corrected chi connectivity index (χ1v) is 6.94. The number of hydrogen-bond donors (Lipinski definition) is 1. The number of rotatable bonds is 4. The van der Waals surface area contributed by atoms with Gasteiger partial charge in [0.1, 0.15) is 0 Å². The molecule has 1 heterocycles. The quantitative estimate of drug-likeness (QED) is 0.833. The van der Waals surface area contributed by atoms with Gasteiger partial charge in [0.05, 0.1) is 6.10 Å². The molecule has 0 aromatic heterocycles. The van der Waals surface area contributed by atoms with Crippen LogP contribution in [0.2, 0.25) is 0 Å². The lowest BCUT2D eigenvalue weighted by Gasteiger charge is -2.35. The predicted octanol–water partition coefficient (Wildman–Crippen LogP) is 2.97. The molecule has 1 atom stereocenters. The minimum atomic E-state index is 0.375. The predicted molar refractivity (Wildman–Crippen MR) is 77.1 cm³/mol. The van der Waals surface area contributed by atoms with Crippen molar-refractivity contribution >= 4 is 11.4 Å².